The van der Waals surface area contributed by atoms with Crippen molar-refractivity contribution in [2.24, 2.45) is 0 Å². The number of anilines is 2. The Balaban J connectivity index is 1.52. The van der Waals surface area contributed by atoms with Gasteiger partial charge in [0.25, 0.3) is 0 Å². The van der Waals surface area contributed by atoms with Crippen LogP contribution >= 0.6 is 0 Å². The molecule has 2 aliphatic rings. The summed E-state index contributed by atoms with van der Waals surface area (Å²) in [4.78, 5) is 31.2. The highest BCUT2D eigenvalue weighted by Crippen LogP contribution is 2.38. The van der Waals surface area contributed by atoms with Gasteiger partial charge in [0.05, 0.1) is 31.1 Å². The molecule has 0 radical (unpaired) electrons. The van der Waals surface area contributed by atoms with Crippen molar-refractivity contribution < 1.29 is 33.3 Å². The fourth-order valence-electron chi connectivity index (χ4n) is 6.38. The lowest BCUT2D eigenvalue weighted by molar-refractivity contribution is -0.190. The standard InChI is InChI=1S/C30H41F3N8O4/c1-4-11-40(28(45)30(31,32)33)21-14-22(25(44)24(21)43)41-17-34-23-26(35-19(16-42)13-18-8-6-5-7-9-18)36-29(37-27(23)41)39-12-10-20(15-39)38(2)3/h5-9,17,19-22,24-25,42-44H,4,10-16H2,1-3H3,(H,35,36,37)/t19-,20-,21+,22-,24-,25+/m1/s1. The molecule has 12 nitrogen and oxygen atoms in total. The zero-order valence-corrected chi connectivity index (χ0v) is 25.6. The number of hydrogen-bond donors (Lipinski definition) is 4. The van der Waals surface area contributed by atoms with E-state index in [1.165, 1.54) is 6.33 Å². The molecule has 1 aliphatic carbocycles. The fraction of sp³-hybridized carbons (Fsp3) is 0.600. The molecule has 1 saturated carbocycles. The molecule has 5 rings (SSSR count). The number of nitrogens with one attached hydrogen (secondary N) is 1. The first-order valence-corrected chi connectivity index (χ1v) is 15.2. The third-order valence-electron chi connectivity index (χ3n) is 8.82. The summed E-state index contributed by atoms with van der Waals surface area (Å²) in [6.45, 7) is 2.57. The summed E-state index contributed by atoms with van der Waals surface area (Å²) in [6.07, 6.45) is -5.32. The van der Waals surface area contributed by atoms with Crippen LogP contribution in [0.3, 0.4) is 0 Å². The number of aliphatic hydroxyl groups is 3. The number of imidazole rings is 1. The Morgan fingerprint density at radius 3 is 2.51 bits per heavy atom. The second-order valence-electron chi connectivity index (χ2n) is 12.1. The Morgan fingerprint density at radius 2 is 1.89 bits per heavy atom. The van der Waals surface area contributed by atoms with Crippen molar-refractivity contribution in [3.05, 3.63) is 42.2 Å². The SMILES string of the molecule is CCCN(C(=O)C(F)(F)F)[C@H]1C[C@@H](n2cnc3c(N[C@@H](CO)Cc4ccccc4)nc(N4CC[C@@H](N(C)C)C4)nc32)[C@H](O)[C@@H]1O. The number of hydrogen-bond acceptors (Lipinski definition) is 10. The van der Waals surface area contributed by atoms with Crippen LogP contribution in [0.1, 0.15) is 37.8 Å². The molecule has 0 bridgehead atoms. The van der Waals surface area contributed by atoms with Gasteiger partial charge in [0.1, 0.15) is 12.2 Å². The second-order valence-corrected chi connectivity index (χ2v) is 12.1. The largest absolute Gasteiger partial charge is 0.471 e. The van der Waals surface area contributed by atoms with Crippen LogP contribution in [-0.4, -0.2) is 127 Å². The third kappa shape index (κ3) is 6.86. The zero-order chi connectivity index (χ0) is 32.5. The van der Waals surface area contributed by atoms with E-state index in [9.17, 15) is 33.3 Å². The van der Waals surface area contributed by atoms with Gasteiger partial charge in [-0.05, 0) is 45.3 Å². The van der Waals surface area contributed by atoms with E-state index in [2.05, 4.69) is 15.2 Å². The maximum Gasteiger partial charge on any atom is 0.471 e. The van der Waals surface area contributed by atoms with Crippen molar-refractivity contribution in [1.29, 1.82) is 0 Å². The molecule has 2 aromatic heterocycles. The van der Waals surface area contributed by atoms with E-state index in [0.29, 0.717) is 47.3 Å². The molecular formula is C30H41F3N8O4. The van der Waals surface area contributed by atoms with Crippen molar-refractivity contribution in [2.75, 3.05) is 50.6 Å². The topological polar surface area (TPSA) is 143 Å². The maximum atomic E-state index is 13.5. The van der Waals surface area contributed by atoms with E-state index in [1.54, 1.807) is 11.5 Å². The molecule has 3 heterocycles. The summed E-state index contributed by atoms with van der Waals surface area (Å²) in [6, 6.07) is 7.33. The lowest BCUT2D eigenvalue weighted by atomic mass is 10.1. The number of carbonyl (C=O) groups is 1. The van der Waals surface area contributed by atoms with Gasteiger partial charge in [-0.3, -0.25) is 4.79 Å². The molecule has 6 atom stereocenters. The van der Waals surface area contributed by atoms with Crippen LogP contribution in [-0.2, 0) is 11.2 Å². The molecule has 45 heavy (non-hydrogen) atoms. The number of carbonyl (C=O) groups excluding carboxylic acids is 1. The Kier molecular flexibility index (Phi) is 9.82. The summed E-state index contributed by atoms with van der Waals surface area (Å²) in [5.74, 6) is -1.29. The van der Waals surface area contributed by atoms with Crippen LogP contribution in [0.5, 0.6) is 0 Å². The summed E-state index contributed by atoms with van der Waals surface area (Å²) in [5.41, 5.74) is 1.66. The quantitative estimate of drug-likeness (QED) is 0.247. The average Bonchev–Trinajstić information content (AvgIpc) is 3.74. The number of likely N-dealkylation sites (N-methyl/N-ethyl adjacent to an activating group) is 1. The minimum atomic E-state index is -5.12. The van der Waals surface area contributed by atoms with E-state index in [-0.39, 0.29) is 32.0 Å². The highest BCUT2D eigenvalue weighted by atomic mass is 19.4. The first-order valence-electron chi connectivity index (χ1n) is 15.2. The van der Waals surface area contributed by atoms with Crippen LogP contribution < -0.4 is 10.2 Å². The monoisotopic (exact) mass is 634 g/mol. The van der Waals surface area contributed by atoms with Crippen LogP contribution in [0.2, 0.25) is 0 Å². The van der Waals surface area contributed by atoms with Gasteiger partial charge < -0.3 is 39.9 Å². The van der Waals surface area contributed by atoms with Gasteiger partial charge in [0.15, 0.2) is 17.0 Å². The van der Waals surface area contributed by atoms with E-state index < -0.39 is 42.4 Å². The molecular weight excluding hydrogens is 593 g/mol. The molecule has 1 aliphatic heterocycles. The lowest BCUT2D eigenvalue weighted by Gasteiger charge is -2.31. The fourth-order valence-corrected chi connectivity index (χ4v) is 6.38. The molecule has 3 aromatic rings. The minimum absolute atomic E-state index is 0.141. The molecule has 0 unspecified atom stereocenters. The minimum Gasteiger partial charge on any atom is -0.394 e. The van der Waals surface area contributed by atoms with Gasteiger partial charge in [-0.25, -0.2) is 4.98 Å². The molecule has 15 heteroatoms. The predicted molar refractivity (Wildman–Crippen MR) is 162 cm³/mol. The average molecular weight is 635 g/mol. The summed E-state index contributed by atoms with van der Waals surface area (Å²) < 4.78 is 41.9. The summed E-state index contributed by atoms with van der Waals surface area (Å²) in [5, 5.41) is 35.6. The van der Waals surface area contributed by atoms with Gasteiger partial charge >= 0.3 is 12.1 Å². The third-order valence-corrected chi connectivity index (χ3v) is 8.82. The van der Waals surface area contributed by atoms with Gasteiger partial charge in [-0.1, -0.05) is 37.3 Å². The van der Waals surface area contributed by atoms with Gasteiger partial charge in [-0.2, -0.15) is 23.1 Å². The van der Waals surface area contributed by atoms with E-state index >= 15 is 0 Å². The number of halogens is 3. The van der Waals surface area contributed by atoms with Crippen LogP contribution in [0, 0.1) is 0 Å². The first kappa shape index (κ1) is 32.9. The molecule has 4 N–H and O–H groups in total. The second kappa shape index (κ2) is 13.4. The van der Waals surface area contributed by atoms with Gasteiger partial charge in [0, 0.05) is 25.7 Å². The van der Waals surface area contributed by atoms with Crippen molar-refractivity contribution >= 4 is 28.8 Å². The highest BCUT2D eigenvalue weighted by molar-refractivity contribution is 5.85. The number of fused-ring (bicyclic) bond motifs is 1. The number of nitrogens with zero attached hydrogens (tertiary/aromatic N) is 7. The Labute approximate surface area is 259 Å². The van der Waals surface area contributed by atoms with Crippen LogP contribution in [0.4, 0.5) is 24.9 Å². The van der Waals surface area contributed by atoms with Crippen LogP contribution in [0.15, 0.2) is 36.7 Å². The van der Waals surface area contributed by atoms with E-state index in [1.807, 2.05) is 49.3 Å². The number of rotatable bonds is 11. The van der Waals surface area contributed by atoms with Crippen molar-refractivity contribution in [1.82, 2.24) is 29.3 Å². The predicted octanol–water partition coefficient (Wildman–Crippen LogP) is 1.82. The molecule has 2 fully saturated rings. The molecule has 0 spiro atoms. The Bertz CT molecular complexity index is 1460. The van der Waals surface area contributed by atoms with Crippen molar-refractivity contribution in [3.8, 4) is 0 Å². The number of alkyl halides is 3. The van der Waals surface area contributed by atoms with Crippen LogP contribution in [0.25, 0.3) is 11.2 Å². The molecule has 1 aromatic carbocycles. The summed E-state index contributed by atoms with van der Waals surface area (Å²) >= 11 is 0. The Morgan fingerprint density at radius 1 is 1.16 bits per heavy atom. The van der Waals surface area contributed by atoms with Gasteiger partial charge in [-0.15, -0.1) is 0 Å². The van der Waals surface area contributed by atoms with Crippen molar-refractivity contribution in [3.63, 3.8) is 0 Å². The number of aliphatic hydroxyl groups excluding tert-OH is 3. The van der Waals surface area contributed by atoms with Crippen molar-refractivity contribution in [2.45, 2.75) is 75.2 Å². The summed E-state index contributed by atoms with van der Waals surface area (Å²) in [7, 11) is 4.01. The van der Waals surface area contributed by atoms with E-state index in [4.69, 9.17) is 9.97 Å². The highest BCUT2D eigenvalue weighted by Gasteiger charge is 2.51. The molecule has 1 saturated heterocycles. The number of benzene rings is 1. The number of aromatic nitrogens is 4. The molecule has 246 valence electrons. The van der Waals surface area contributed by atoms with E-state index in [0.717, 1.165) is 12.0 Å². The normalized spacial score (nSPS) is 24.5. The smallest absolute Gasteiger partial charge is 0.394 e. The maximum absolute atomic E-state index is 13.5. The lowest BCUT2D eigenvalue weighted by Crippen LogP contribution is -2.51. The molecule has 1 amide bonds. The van der Waals surface area contributed by atoms with Gasteiger partial charge in [0.2, 0.25) is 5.95 Å². The first-order chi connectivity index (χ1) is 21.4. The Hall–Kier alpha value is -3.53. The number of amides is 1. The zero-order valence-electron chi connectivity index (χ0n) is 25.6.